The number of rotatable bonds is 4. The Bertz CT molecular complexity index is 456. The van der Waals surface area contributed by atoms with Gasteiger partial charge in [-0.15, -0.1) is 0 Å². The highest BCUT2D eigenvalue weighted by Crippen LogP contribution is 2.15. The monoisotopic (exact) mass is 248 g/mol. The van der Waals surface area contributed by atoms with Crippen LogP contribution in [0.4, 0.5) is 4.79 Å². The lowest BCUT2D eigenvalue weighted by Crippen LogP contribution is -2.31. The number of hydrogen-bond donors (Lipinski definition) is 2. The Kier molecular flexibility index (Phi) is 3.50. The first kappa shape index (κ1) is 12.4. The molecule has 5 nitrogen and oxygen atoms in total. The van der Waals surface area contributed by atoms with Crippen LogP contribution in [0.3, 0.4) is 0 Å². The fourth-order valence-corrected chi connectivity index (χ4v) is 2.08. The molecule has 18 heavy (non-hydrogen) atoms. The van der Waals surface area contributed by atoms with Gasteiger partial charge in [0, 0.05) is 7.05 Å². The number of amides is 3. The molecule has 0 spiro atoms. The van der Waals surface area contributed by atoms with E-state index in [2.05, 4.69) is 5.32 Å². The van der Waals surface area contributed by atoms with Crippen molar-refractivity contribution in [1.82, 2.24) is 10.2 Å². The first-order chi connectivity index (χ1) is 8.58. The fourth-order valence-electron chi connectivity index (χ4n) is 2.08. The molecule has 0 aliphatic carbocycles. The number of phenolic OH excluding ortho intramolecular Hbond substituents is 1. The standard InChI is InChI=1S/C13H16N2O3/c1-15-11(12(17)14-13(15)18)4-2-3-9-5-7-10(16)8-6-9/h5-8,11,16H,2-4H2,1H3,(H,14,17,18). The van der Waals surface area contributed by atoms with E-state index in [-0.39, 0.29) is 23.7 Å². The molecule has 1 fully saturated rings. The first-order valence-electron chi connectivity index (χ1n) is 5.93. The van der Waals surface area contributed by atoms with Crippen molar-refractivity contribution >= 4 is 11.9 Å². The molecule has 1 atom stereocenters. The number of imide groups is 1. The van der Waals surface area contributed by atoms with E-state index in [1.54, 1.807) is 19.2 Å². The van der Waals surface area contributed by atoms with Gasteiger partial charge in [-0.2, -0.15) is 0 Å². The third-order valence-corrected chi connectivity index (χ3v) is 3.20. The van der Waals surface area contributed by atoms with Gasteiger partial charge in [0.15, 0.2) is 0 Å². The molecule has 1 saturated heterocycles. The molecule has 0 radical (unpaired) electrons. The number of hydrogen-bond acceptors (Lipinski definition) is 3. The summed E-state index contributed by atoms with van der Waals surface area (Å²) >= 11 is 0. The van der Waals surface area contributed by atoms with Gasteiger partial charge in [-0.25, -0.2) is 4.79 Å². The Hall–Kier alpha value is -2.04. The second kappa shape index (κ2) is 5.08. The molecule has 1 aromatic carbocycles. The van der Waals surface area contributed by atoms with Crippen LogP contribution < -0.4 is 5.32 Å². The Morgan fingerprint density at radius 1 is 1.28 bits per heavy atom. The zero-order valence-electron chi connectivity index (χ0n) is 10.2. The highest BCUT2D eigenvalue weighted by molar-refractivity contribution is 6.03. The summed E-state index contributed by atoms with van der Waals surface area (Å²) in [4.78, 5) is 24.2. The Labute approximate surface area is 105 Å². The van der Waals surface area contributed by atoms with E-state index < -0.39 is 0 Å². The average molecular weight is 248 g/mol. The predicted octanol–water partition coefficient (Wildman–Crippen LogP) is 1.27. The zero-order valence-corrected chi connectivity index (χ0v) is 10.2. The lowest BCUT2D eigenvalue weighted by molar-refractivity contribution is -0.121. The van der Waals surface area contributed by atoms with Crippen LogP contribution in [0, 0.1) is 0 Å². The Morgan fingerprint density at radius 2 is 1.94 bits per heavy atom. The molecule has 5 heteroatoms. The van der Waals surface area contributed by atoms with E-state index in [1.807, 2.05) is 12.1 Å². The minimum absolute atomic E-state index is 0.215. The number of carbonyl (C=O) groups is 2. The summed E-state index contributed by atoms with van der Waals surface area (Å²) in [5.74, 6) is 0.0347. The van der Waals surface area contributed by atoms with Crippen molar-refractivity contribution in [2.75, 3.05) is 7.05 Å². The molecule has 1 aromatic rings. The number of aryl methyl sites for hydroxylation is 1. The maximum Gasteiger partial charge on any atom is 0.324 e. The topological polar surface area (TPSA) is 69.6 Å². The van der Waals surface area contributed by atoms with Crippen molar-refractivity contribution in [2.45, 2.75) is 25.3 Å². The minimum atomic E-state index is -0.352. The van der Waals surface area contributed by atoms with Crippen molar-refractivity contribution in [3.63, 3.8) is 0 Å². The van der Waals surface area contributed by atoms with Crippen LogP contribution in [0.5, 0.6) is 5.75 Å². The summed E-state index contributed by atoms with van der Waals surface area (Å²) in [5, 5.41) is 11.4. The number of nitrogens with one attached hydrogen (secondary N) is 1. The van der Waals surface area contributed by atoms with Crippen molar-refractivity contribution in [3.05, 3.63) is 29.8 Å². The predicted molar refractivity (Wildman–Crippen MR) is 66.1 cm³/mol. The highest BCUT2D eigenvalue weighted by atomic mass is 16.3. The van der Waals surface area contributed by atoms with Crippen LogP contribution in [0.1, 0.15) is 18.4 Å². The SMILES string of the molecule is CN1C(=O)NC(=O)C1CCCc1ccc(O)cc1. The second-order valence-corrected chi connectivity index (χ2v) is 4.48. The van der Waals surface area contributed by atoms with Gasteiger partial charge in [0.25, 0.3) is 5.91 Å². The molecule has 1 aliphatic heterocycles. The number of aromatic hydroxyl groups is 1. The van der Waals surface area contributed by atoms with Crippen LogP contribution in [-0.2, 0) is 11.2 Å². The fraction of sp³-hybridized carbons (Fsp3) is 0.385. The highest BCUT2D eigenvalue weighted by Gasteiger charge is 2.34. The van der Waals surface area contributed by atoms with E-state index >= 15 is 0 Å². The number of carbonyl (C=O) groups excluding carboxylic acids is 2. The Balaban J connectivity index is 1.84. The molecule has 0 bridgehead atoms. The normalized spacial score (nSPS) is 19.2. The van der Waals surface area contributed by atoms with Gasteiger partial charge in [-0.05, 0) is 37.0 Å². The van der Waals surface area contributed by atoms with Crippen LogP contribution in [0.2, 0.25) is 0 Å². The van der Waals surface area contributed by atoms with Crippen LogP contribution in [0.25, 0.3) is 0 Å². The molecule has 1 aliphatic rings. The van der Waals surface area contributed by atoms with Crippen LogP contribution in [0.15, 0.2) is 24.3 Å². The van der Waals surface area contributed by atoms with Crippen molar-refractivity contribution in [1.29, 1.82) is 0 Å². The molecule has 96 valence electrons. The van der Waals surface area contributed by atoms with Crippen LogP contribution >= 0.6 is 0 Å². The van der Waals surface area contributed by atoms with Gasteiger partial charge in [-0.3, -0.25) is 10.1 Å². The zero-order chi connectivity index (χ0) is 13.1. The van der Waals surface area contributed by atoms with Gasteiger partial charge in [0.2, 0.25) is 0 Å². The molecular formula is C13H16N2O3. The number of benzene rings is 1. The first-order valence-corrected chi connectivity index (χ1v) is 5.93. The van der Waals surface area contributed by atoms with E-state index in [9.17, 15) is 9.59 Å². The van der Waals surface area contributed by atoms with Crippen LogP contribution in [-0.4, -0.2) is 35.0 Å². The maximum atomic E-state index is 11.5. The third kappa shape index (κ3) is 2.61. The minimum Gasteiger partial charge on any atom is -0.508 e. The second-order valence-electron chi connectivity index (χ2n) is 4.48. The average Bonchev–Trinajstić information content (AvgIpc) is 2.58. The van der Waals surface area contributed by atoms with Gasteiger partial charge >= 0.3 is 6.03 Å². The summed E-state index contributed by atoms with van der Waals surface area (Å²) < 4.78 is 0. The molecule has 2 rings (SSSR count). The van der Waals surface area contributed by atoms with E-state index in [0.29, 0.717) is 6.42 Å². The van der Waals surface area contributed by atoms with E-state index in [4.69, 9.17) is 5.11 Å². The van der Waals surface area contributed by atoms with Gasteiger partial charge in [0.05, 0.1) is 0 Å². The van der Waals surface area contributed by atoms with Gasteiger partial charge in [-0.1, -0.05) is 12.1 Å². The van der Waals surface area contributed by atoms with Crippen molar-refractivity contribution in [3.8, 4) is 5.75 Å². The molecule has 1 heterocycles. The van der Waals surface area contributed by atoms with E-state index in [1.165, 1.54) is 4.90 Å². The number of nitrogens with zero attached hydrogens (tertiary/aromatic N) is 1. The summed E-state index contributed by atoms with van der Waals surface area (Å²) in [6, 6.07) is 6.34. The quantitative estimate of drug-likeness (QED) is 0.788. The molecular weight excluding hydrogens is 232 g/mol. The summed E-state index contributed by atoms with van der Waals surface area (Å²) in [6.07, 6.45) is 2.29. The summed E-state index contributed by atoms with van der Waals surface area (Å²) in [5.41, 5.74) is 1.11. The molecule has 0 saturated carbocycles. The summed E-state index contributed by atoms with van der Waals surface area (Å²) in [6.45, 7) is 0. The van der Waals surface area contributed by atoms with Gasteiger partial charge in [0.1, 0.15) is 11.8 Å². The number of urea groups is 1. The Morgan fingerprint density at radius 3 is 2.50 bits per heavy atom. The van der Waals surface area contributed by atoms with Crippen molar-refractivity contribution < 1.29 is 14.7 Å². The molecule has 3 amide bonds. The number of phenols is 1. The van der Waals surface area contributed by atoms with Gasteiger partial charge < -0.3 is 10.0 Å². The summed E-state index contributed by atoms with van der Waals surface area (Å²) in [7, 11) is 1.63. The lowest BCUT2D eigenvalue weighted by atomic mass is 10.0. The molecule has 2 N–H and O–H groups in total. The van der Waals surface area contributed by atoms with Crippen molar-refractivity contribution in [2.24, 2.45) is 0 Å². The largest absolute Gasteiger partial charge is 0.508 e. The third-order valence-electron chi connectivity index (χ3n) is 3.20. The lowest BCUT2D eigenvalue weighted by Gasteiger charge is -2.15. The number of likely N-dealkylation sites (N-methyl/N-ethyl adjacent to an activating group) is 1. The smallest absolute Gasteiger partial charge is 0.324 e. The maximum absolute atomic E-state index is 11.5. The molecule has 0 aromatic heterocycles. The van der Waals surface area contributed by atoms with E-state index in [0.717, 1.165) is 18.4 Å². The molecule has 1 unspecified atom stereocenters.